The van der Waals surface area contributed by atoms with Gasteiger partial charge in [-0.05, 0) is 25.0 Å². The minimum atomic E-state index is 0.799. The molecule has 1 aromatic heterocycles. The van der Waals surface area contributed by atoms with Crippen LogP contribution in [-0.4, -0.2) is 17.2 Å². The fraction of sp³-hybridized carbons (Fsp3) is 0.105. The Morgan fingerprint density at radius 2 is 1.59 bits per heavy atom. The maximum absolute atomic E-state index is 4.62. The van der Waals surface area contributed by atoms with Crippen LogP contribution in [0.1, 0.15) is 22.5 Å². The Balaban J connectivity index is 1.98. The third-order valence-electron chi connectivity index (χ3n) is 3.82. The number of rotatable bonds is 4. The van der Waals surface area contributed by atoms with E-state index in [0.717, 1.165) is 24.4 Å². The molecule has 1 N–H and O–H groups in total. The first-order valence-electron chi connectivity index (χ1n) is 7.55. The van der Waals surface area contributed by atoms with Gasteiger partial charge in [-0.25, -0.2) is 4.98 Å². The Bertz CT molecular complexity index is 754. The summed E-state index contributed by atoms with van der Waals surface area (Å²) in [5.74, 6) is 0. The summed E-state index contributed by atoms with van der Waals surface area (Å²) in [5.41, 5.74) is 6.94. The van der Waals surface area contributed by atoms with E-state index < -0.39 is 0 Å². The van der Waals surface area contributed by atoms with Gasteiger partial charge in [-0.1, -0.05) is 72.2 Å². The Hall–Kier alpha value is -2.55. The van der Waals surface area contributed by atoms with Gasteiger partial charge in [-0.15, -0.1) is 0 Å². The number of aromatic nitrogens is 2. The SMILES string of the molecule is Cc1nc(BC(=Cc2ccccc2)c2ccccc2)[nH]c1C. The standard InChI is InChI=1S/C19H19BN2/c1-14-15(2)22-19(21-14)20-18(17-11-7-4-8-12-17)13-16-9-5-3-6-10-16/h3-13,20H,1-2H3,(H,21,22). The van der Waals surface area contributed by atoms with E-state index >= 15 is 0 Å². The summed E-state index contributed by atoms with van der Waals surface area (Å²) < 4.78 is 0. The summed E-state index contributed by atoms with van der Waals surface area (Å²) in [6.45, 7) is 4.10. The van der Waals surface area contributed by atoms with E-state index in [9.17, 15) is 0 Å². The first kappa shape index (κ1) is 14.4. The Morgan fingerprint density at radius 1 is 0.955 bits per heavy atom. The minimum Gasteiger partial charge on any atom is -0.354 e. The van der Waals surface area contributed by atoms with Gasteiger partial charge in [0.25, 0.3) is 0 Å². The molecular formula is C19H19BN2. The highest BCUT2D eigenvalue weighted by Gasteiger charge is 2.10. The molecule has 0 aliphatic heterocycles. The summed E-state index contributed by atoms with van der Waals surface area (Å²) in [6.07, 6.45) is 2.24. The van der Waals surface area contributed by atoms with Crippen LogP contribution in [0.2, 0.25) is 0 Å². The predicted molar refractivity (Wildman–Crippen MR) is 95.6 cm³/mol. The Morgan fingerprint density at radius 3 is 2.18 bits per heavy atom. The molecule has 0 bridgehead atoms. The van der Waals surface area contributed by atoms with Gasteiger partial charge in [0.1, 0.15) is 0 Å². The normalized spacial score (nSPS) is 11.5. The number of hydrogen-bond donors (Lipinski definition) is 1. The molecule has 0 atom stereocenters. The van der Waals surface area contributed by atoms with E-state index in [0.29, 0.717) is 0 Å². The molecule has 0 saturated carbocycles. The smallest absolute Gasteiger partial charge is 0.238 e. The van der Waals surface area contributed by atoms with Crippen molar-refractivity contribution >= 4 is 24.6 Å². The monoisotopic (exact) mass is 286 g/mol. The largest absolute Gasteiger partial charge is 0.354 e. The number of aromatic amines is 1. The summed E-state index contributed by atoms with van der Waals surface area (Å²) in [5, 5.41) is 0. The van der Waals surface area contributed by atoms with Crippen molar-refractivity contribution in [2.45, 2.75) is 13.8 Å². The van der Waals surface area contributed by atoms with E-state index in [-0.39, 0.29) is 0 Å². The molecule has 0 amide bonds. The van der Waals surface area contributed by atoms with Crippen LogP contribution in [0, 0.1) is 13.8 Å². The average Bonchev–Trinajstić information content (AvgIpc) is 2.86. The fourth-order valence-electron chi connectivity index (χ4n) is 2.52. The van der Waals surface area contributed by atoms with Crippen molar-refractivity contribution in [1.82, 2.24) is 9.97 Å². The zero-order valence-corrected chi connectivity index (χ0v) is 13.0. The summed E-state index contributed by atoms with van der Waals surface area (Å²) in [4.78, 5) is 8.00. The number of benzene rings is 2. The zero-order chi connectivity index (χ0) is 15.4. The highest BCUT2D eigenvalue weighted by molar-refractivity contribution is 6.73. The van der Waals surface area contributed by atoms with Crippen LogP contribution in [0.25, 0.3) is 11.5 Å². The van der Waals surface area contributed by atoms with Gasteiger partial charge in [0.2, 0.25) is 7.28 Å². The molecule has 0 radical (unpaired) electrons. The lowest BCUT2D eigenvalue weighted by molar-refractivity contribution is 1.22. The summed E-state index contributed by atoms with van der Waals surface area (Å²) in [7, 11) is 0.799. The van der Waals surface area contributed by atoms with Gasteiger partial charge >= 0.3 is 0 Å². The number of aryl methyl sites for hydroxylation is 2. The summed E-state index contributed by atoms with van der Waals surface area (Å²) >= 11 is 0. The second-order valence-electron chi connectivity index (χ2n) is 5.52. The maximum atomic E-state index is 4.62. The van der Waals surface area contributed by atoms with Crippen LogP contribution >= 0.6 is 0 Å². The molecule has 108 valence electrons. The van der Waals surface area contributed by atoms with Gasteiger partial charge < -0.3 is 4.98 Å². The molecule has 22 heavy (non-hydrogen) atoms. The second-order valence-corrected chi connectivity index (χ2v) is 5.52. The maximum Gasteiger partial charge on any atom is 0.238 e. The van der Waals surface area contributed by atoms with Crippen LogP contribution in [0.5, 0.6) is 0 Å². The summed E-state index contributed by atoms with van der Waals surface area (Å²) in [6, 6.07) is 20.9. The highest BCUT2D eigenvalue weighted by atomic mass is 14.9. The van der Waals surface area contributed by atoms with E-state index in [1.807, 2.05) is 19.1 Å². The molecule has 2 aromatic carbocycles. The van der Waals surface area contributed by atoms with Gasteiger partial charge in [0.15, 0.2) is 0 Å². The van der Waals surface area contributed by atoms with E-state index in [2.05, 4.69) is 71.5 Å². The first-order chi connectivity index (χ1) is 10.7. The van der Waals surface area contributed by atoms with E-state index in [1.54, 1.807) is 0 Å². The van der Waals surface area contributed by atoms with Crippen LogP contribution < -0.4 is 5.72 Å². The van der Waals surface area contributed by atoms with Crippen molar-refractivity contribution in [3.8, 4) is 0 Å². The number of nitrogens with one attached hydrogen (secondary N) is 1. The molecule has 0 saturated heterocycles. The minimum absolute atomic E-state index is 0.799. The van der Waals surface area contributed by atoms with Crippen LogP contribution in [-0.2, 0) is 0 Å². The molecule has 0 spiro atoms. The predicted octanol–water partition coefficient (Wildman–Crippen LogP) is 3.29. The van der Waals surface area contributed by atoms with Crippen LogP contribution in [0.4, 0.5) is 0 Å². The van der Waals surface area contributed by atoms with Gasteiger partial charge in [-0.2, -0.15) is 0 Å². The molecular weight excluding hydrogens is 267 g/mol. The van der Waals surface area contributed by atoms with Crippen LogP contribution in [0.15, 0.2) is 60.7 Å². The highest BCUT2D eigenvalue weighted by Crippen LogP contribution is 2.17. The first-order valence-corrected chi connectivity index (χ1v) is 7.55. The molecule has 3 aromatic rings. The Kier molecular flexibility index (Phi) is 4.24. The van der Waals surface area contributed by atoms with Crippen molar-refractivity contribution in [2.24, 2.45) is 0 Å². The number of nitrogens with zero attached hydrogens (tertiary/aromatic N) is 1. The van der Waals surface area contributed by atoms with Crippen molar-refractivity contribution in [2.75, 3.05) is 0 Å². The van der Waals surface area contributed by atoms with Crippen molar-refractivity contribution in [1.29, 1.82) is 0 Å². The molecule has 1 heterocycles. The fourth-order valence-corrected chi connectivity index (χ4v) is 2.52. The number of imidazole rings is 1. The Labute approximate surface area is 132 Å². The topological polar surface area (TPSA) is 28.7 Å². The van der Waals surface area contributed by atoms with Crippen molar-refractivity contribution < 1.29 is 0 Å². The molecule has 0 fully saturated rings. The molecule has 3 heteroatoms. The van der Waals surface area contributed by atoms with Gasteiger partial charge in [-0.3, -0.25) is 0 Å². The quantitative estimate of drug-likeness (QED) is 0.578. The molecule has 0 unspecified atom stereocenters. The lowest BCUT2D eigenvalue weighted by Gasteiger charge is -2.06. The molecule has 0 aliphatic rings. The third kappa shape index (κ3) is 3.37. The average molecular weight is 286 g/mol. The van der Waals surface area contributed by atoms with Crippen LogP contribution in [0.3, 0.4) is 0 Å². The van der Waals surface area contributed by atoms with Crippen molar-refractivity contribution in [3.63, 3.8) is 0 Å². The number of H-pyrrole nitrogens is 1. The van der Waals surface area contributed by atoms with E-state index in [1.165, 1.54) is 16.6 Å². The lowest BCUT2D eigenvalue weighted by atomic mass is 9.65. The van der Waals surface area contributed by atoms with Crippen molar-refractivity contribution in [3.05, 3.63) is 83.2 Å². The van der Waals surface area contributed by atoms with E-state index in [4.69, 9.17) is 0 Å². The number of hydrogen-bond acceptors (Lipinski definition) is 1. The van der Waals surface area contributed by atoms with Gasteiger partial charge in [0, 0.05) is 5.69 Å². The molecule has 3 rings (SSSR count). The molecule has 2 nitrogen and oxygen atoms in total. The lowest BCUT2D eigenvalue weighted by Crippen LogP contribution is -2.20. The second kappa shape index (κ2) is 6.48. The van der Waals surface area contributed by atoms with Gasteiger partial charge in [0.05, 0.1) is 11.4 Å². The third-order valence-corrected chi connectivity index (χ3v) is 3.82. The molecule has 0 aliphatic carbocycles. The zero-order valence-electron chi connectivity index (χ0n) is 13.0.